The molecule has 3 N–H and O–H groups in total. The Hall–Kier alpha value is -2.24. The zero-order valence-electron chi connectivity index (χ0n) is 8.43. The van der Waals surface area contributed by atoms with Crippen molar-refractivity contribution < 1.29 is 29.6 Å². The Balaban J connectivity index is 3.28. The summed E-state index contributed by atoms with van der Waals surface area (Å²) in [6.45, 7) is 0. The summed E-state index contributed by atoms with van der Waals surface area (Å²) in [6, 6.07) is 2.39. The van der Waals surface area contributed by atoms with Gasteiger partial charge in [-0.05, 0) is 17.7 Å². The van der Waals surface area contributed by atoms with Crippen LogP contribution in [0, 0.1) is 0 Å². The van der Waals surface area contributed by atoms with Crippen molar-refractivity contribution in [2.75, 3.05) is 7.11 Å². The third kappa shape index (κ3) is 2.41. The van der Waals surface area contributed by atoms with Gasteiger partial charge in [-0.1, -0.05) is 0 Å². The highest BCUT2D eigenvalue weighted by Gasteiger charge is 2.17. The molecule has 1 rings (SSSR count). The fraction of sp³-hybridized carbons (Fsp3) is 0.200. The zero-order chi connectivity index (χ0) is 12.3. The molecule has 0 spiro atoms. The number of aliphatic carboxylic acids is 1. The minimum absolute atomic E-state index is 0.0591. The van der Waals surface area contributed by atoms with Crippen molar-refractivity contribution in [2.24, 2.45) is 0 Å². The molecule has 0 saturated heterocycles. The van der Waals surface area contributed by atoms with E-state index in [9.17, 15) is 14.7 Å². The molecule has 0 atom stereocenters. The van der Waals surface area contributed by atoms with E-state index in [1.165, 1.54) is 13.2 Å². The maximum Gasteiger partial charge on any atom is 0.339 e. The Kier molecular flexibility index (Phi) is 3.34. The molecule has 1 aromatic carbocycles. The summed E-state index contributed by atoms with van der Waals surface area (Å²) < 4.78 is 4.75. The number of rotatable bonds is 4. The summed E-state index contributed by atoms with van der Waals surface area (Å²) in [5, 5.41) is 26.8. The van der Waals surface area contributed by atoms with Gasteiger partial charge in [0, 0.05) is 0 Å². The fourth-order valence-corrected chi connectivity index (χ4v) is 1.26. The van der Waals surface area contributed by atoms with E-state index in [1.807, 2.05) is 0 Å². The molecule has 0 radical (unpaired) electrons. The Morgan fingerprint density at radius 2 is 1.94 bits per heavy atom. The normalized spacial score (nSPS) is 9.81. The van der Waals surface area contributed by atoms with Gasteiger partial charge in [-0.15, -0.1) is 0 Å². The molecule has 0 unspecified atom stereocenters. The Morgan fingerprint density at radius 3 is 2.38 bits per heavy atom. The number of methoxy groups -OCH3 is 1. The summed E-state index contributed by atoms with van der Waals surface area (Å²) in [5.74, 6) is -3.01. The van der Waals surface area contributed by atoms with Gasteiger partial charge in [0.2, 0.25) is 0 Å². The third-order valence-corrected chi connectivity index (χ3v) is 1.94. The zero-order valence-corrected chi connectivity index (χ0v) is 8.43. The van der Waals surface area contributed by atoms with Crippen molar-refractivity contribution in [3.05, 3.63) is 23.3 Å². The largest absolute Gasteiger partial charge is 0.504 e. The first kappa shape index (κ1) is 11.8. The van der Waals surface area contributed by atoms with Crippen LogP contribution in [0.15, 0.2) is 12.1 Å². The molecule has 0 aromatic heterocycles. The first-order valence-corrected chi connectivity index (χ1v) is 4.30. The van der Waals surface area contributed by atoms with E-state index in [0.29, 0.717) is 0 Å². The molecular weight excluding hydrogens is 216 g/mol. The van der Waals surface area contributed by atoms with Gasteiger partial charge < -0.3 is 20.1 Å². The van der Waals surface area contributed by atoms with Gasteiger partial charge in [0.1, 0.15) is 5.56 Å². The summed E-state index contributed by atoms with van der Waals surface area (Å²) in [4.78, 5) is 21.2. The minimum Gasteiger partial charge on any atom is -0.504 e. The van der Waals surface area contributed by atoms with Crippen LogP contribution >= 0.6 is 0 Å². The lowest BCUT2D eigenvalue weighted by Crippen LogP contribution is -2.04. The molecule has 0 saturated carbocycles. The Bertz CT molecular complexity index is 437. The van der Waals surface area contributed by atoms with Gasteiger partial charge in [0.05, 0.1) is 13.5 Å². The molecule has 0 aliphatic carbocycles. The monoisotopic (exact) mass is 226 g/mol. The van der Waals surface area contributed by atoms with Crippen LogP contribution in [0.3, 0.4) is 0 Å². The van der Waals surface area contributed by atoms with Gasteiger partial charge in [-0.2, -0.15) is 0 Å². The molecule has 86 valence electrons. The Labute approximate surface area is 90.7 Å². The van der Waals surface area contributed by atoms with Crippen LogP contribution in [0.4, 0.5) is 0 Å². The number of carboxylic acid groups (broad SMARTS) is 2. The predicted molar refractivity (Wildman–Crippen MR) is 53.0 cm³/mol. The summed E-state index contributed by atoms with van der Waals surface area (Å²) in [5.41, 5.74) is -0.129. The first-order valence-electron chi connectivity index (χ1n) is 4.30. The number of carboxylic acids is 2. The first-order chi connectivity index (χ1) is 7.45. The van der Waals surface area contributed by atoms with Crippen molar-refractivity contribution in [3.8, 4) is 11.5 Å². The van der Waals surface area contributed by atoms with Crippen molar-refractivity contribution in [1.29, 1.82) is 0 Å². The van der Waals surface area contributed by atoms with Crippen LogP contribution in [0.1, 0.15) is 15.9 Å². The molecule has 0 fully saturated rings. The predicted octanol–water partition coefficient (Wildman–Crippen LogP) is 0.726. The molecule has 0 bridgehead atoms. The van der Waals surface area contributed by atoms with Gasteiger partial charge in [0.25, 0.3) is 0 Å². The lowest BCUT2D eigenvalue weighted by Gasteiger charge is -2.08. The van der Waals surface area contributed by atoms with Crippen LogP contribution in [0.2, 0.25) is 0 Å². The second-order valence-corrected chi connectivity index (χ2v) is 3.07. The molecule has 0 amide bonds. The fourth-order valence-electron chi connectivity index (χ4n) is 1.26. The molecule has 0 aliphatic rings. The lowest BCUT2D eigenvalue weighted by molar-refractivity contribution is -0.136. The number of benzene rings is 1. The standard InChI is InChI=1S/C10H10O6/c1-16-7-3-5(4-8(11)12)2-6(9(7)13)10(14)15/h2-3,13H,4H2,1H3,(H,11,12)(H,14,15). The van der Waals surface area contributed by atoms with Gasteiger partial charge in [0.15, 0.2) is 11.5 Å². The SMILES string of the molecule is COc1cc(CC(=O)O)cc(C(=O)O)c1O. The quantitative estimate of drug-likeness (QED) is 0.699. The van der Waals surface area contributed by atoms with Crippen molar-refractivity contribution in [2.45, 2.75) is 6.42 Å². The lowest BCUT2D eigenvalue weighted by atomic mass is 10.1. The van der Waals surface area contributed by atoms with Crippen LogP contribution in [0.25, 0.3) is 0 Å². The van der Waals surface area contributed by atoms with Crippen molar-refractivity contribution in [3.63, 3.8) is 0 Å². The van der Waals surface area contributed by atoms with Gasteiger partial charge >= 0.3 is 11.9 Å². The number of carbonyl (C=O) groups is 2. The van der Waals surface area contributed by atoms with Gasteiger partial charge in [-0.25, -0.2) is 4.79 Å². The molecule has 6 heteroatoms. The second-order valence-electron chi connectivity index (χ2n) is 3.07. The minimum atomic E-state index is -1.34. The van der Waals surface area contributed by atoms with E-state index in [4.69, 9.17) is 14.9 Å². The number of hydrogen-bond acceptors (Lipinski definition) is 4. The van der Waals surface area contributed by atoms with Crippen LogP contribution in [-0.2, 0) is 11.2 Å². The van der Waals surface area contributed by atoms with Crippen LogP contribution in [-0.4, -0.2) is 34.4 Å². The average Bonchev–Trinajstić information content (AvgIpc) is 2.19. The van der Waals surface area contributed by atoms with Crippen LogP contribution < -0.4 is 4.74 Å². The molecule has 6 nitrogen and oxygen atoms in total. The van der Waals surface area contributed by atoms with E-state index in [0.717, 1.165) is 6.07 Å². The molecule has 0 heterocycles. The number of aromatic hydroxyl groups is 1. The third-order valence-electron chi connectivity index (χ3n) is 1.94. The van der Waals surface area contributed by atoms with Gasteiger partial charge in [-0.3, -0.25) is 4.79 Å². The highest BCUT2D eigenvalue weighted by atomic mass is 16.5. The number of hydrogen-bond donors (Lipinski definition) is 3. The van der Waals surface area contributed by atoms with Crippen molar-refractivity contribution in [1.82, 2.24) is 0 Å². The molecule has 1 aromatic rings. The maximum absolute atomic E-state index is 10.8. The van der Waals surface area contributed by atoms with E-state index in [2.05, 4.69) is 0 Å². The topological polar surface area (TPSA) is 104 Å². The highest BCUT2D eigenvalue weighted by molar-refractivity contribution is 5.92. The smallest absolute Gasteiger partial charge is 0.339 e. The number of phenols is 1. The highest BCUT2D eigenvalue weighted by Crippen LogP contribution is 2.31. The molecule has 16 heavy (non-hydrogen) atoms. The van der Waals surface area contributed by atoms with E-state index < -0.39 is 17.7 Å². The second kappa shape index (κ2) is 4.52. The van der Waals surface area contributed by atoms with E-state index in [1.54, 1.807) is 0 Å². The molecule has 0 aliphatic heterocycles. The van der Waals surface area contributed by atoms with E-state index >= 15 is 0 Å². The summed E-state index contributed by atoms with van der Waals surface area (Å²) in [7, 11) is 1.26. The summed E-state index contributed by atoms with van der Waals surface area (Å²) in [6.07, 6.45) is -0.336. The van der Waals surface area contributed by atoms with Crippen LogP contribution in [0.5, 0.6) is 11.5 Å². The van der Waals surface area contributed by atoms with E-state index in [-0.39, 0.29) is 23.3 Å². The van der Waals surface area contributed by atoms with Crippen molar-refractivity contribution >= 4 is 11.9 Å². The number of aromatic carboxylic acids is 1. The Morgan fingerprint density at radius 1 is 1.31 bits per heavy atom. The molecular formula is C10H10O6. The maximum atomic E-state index is 10.8. The average molecular weight is 226 g/mol. The number of ether oxygens (including phenoxy) is 1. The summed E-state index contributed by atoms with van der Waals surface area (Å²) >= 11 is 0.